The average molecular weight is 338 g/mol. The van der Waals surface area contributed by atoms with Gasteiger partial charge in [0.05, 0.1) is 3.57 Å². The first-order valence-corrected chi connectivity index (χ1v) is 6.63. The van der Waals surface area contributed by atoms with Crippen LogP contribution in [0.3, 0.4) is 0 Å². The first-order valence-electron chi connectivity index (χ1n) is 5.55. The Kier molecular flexibility index (Phi) is 2.74. The smallest absolute Gasteiger partial charge is 0.264 e. The van der Waals surface area contributed by atoms with Crippen molar-refractivity contribution in [3.05, 3.63) is 61.3 Å². The van der Waals surface area contributed by atoms with Crippen LogP contribution in [0.1, 0.15) is 22.9 Å². The topological polar surface area (TPSA) is 45.8 Å². The highest BCUT2D eigenvalue weighted by molar-refractivity contribution is 14.1. The summed E-state index contributed by atoms with van der Waals surface area (Å²) in [5.74, 6) is 1.13. The Hall–Kier alpha value is -1.17. The fourth-order valence-electron chi connectivity index (χ4n) is 2.35. The fourth-order valence-corrected chi connectivity index (χ4v) is 2.63. The van der Waals surface area contributed by atoms with E-state index in [4.69, 9.17) is 0 Å². The van der Waals surface area contributed by atoms with E-state index in [1.165, 1.54) is 11.1 Å². The quantitative estimate of drug-likeness (QED) is 0.811. The van der Waals surface area contributed by atoms with E-state index in [2.05, 4.69) is 34.2 Å². The van der Waals surface area contributed by atoms with E-state index < -0.39 is 0 Å². The fraction of sp³-hybridized carbons (Fsp3) is 0.231. The Balaban J connectivity index is 1.94. The molecule has 0 radical (unpaired) electrons. The van der Waals surface area contributed by atoms with Crippen LogP contribution < -0.4 is 5.56 Å². The van der Waals surface area contributed by atoms with Crippen LogP contribution in [0.25, 0.3) is 0 Å². The zero-order valence-electron chi connectivity index (χ0n) is 9.11. The number of halogens is 1. The lowest BCUT2D eigenvalue weighted by atomic mass is 10.1. The minimum atomic E-state index is -0.0356. The molecule has 1 aromatic carbocycles. The zero-order chi connectivity index (χ0) is 11.8. The second kappa shape index (κ2) is 4.25. The summed E-state index contributed by atoms with van der Waals surface area (Å²) >= 11 is 2.00. The Bertz CT molecular complexity index is 596. The number of H-pyrrole nitrogens is 1. The van der Waals surface area contributed by atoms with Gasteiger partial charge >= 0.3 is 0 Å². The number of aromatic nitrogens is 2. The van der Waals surface area contributed by atoms with Crippen LogP contribution in [0.15, 0.2) is 35.3 Å². The van der Waals surface area contributed by atoms with Crippen molar-refractivity contribution in [1.82, 2.24) is 9.97 Å². The highest BCUT2D eigenvalue weighted by Gasteiger charge is 2.24. The van der Waals surface area contributed by atoms with Crippen molar-refractivity contribution in [1.29, 1.82) is 0 Å². The lowest BCUT2D eigenvalue weighted by Crippen LogP contribution is -2.16. The number of hydrogen-bond acceptors (Lipinski definition) is 2. The van der Waals surface area contributed by atoms with Gasteiger partial charge in [-0.25, -0.2) is 4.98 Å². The van der Waals surface area contributed by atoms with Gasteiger partial charge in [0.1, 0.15) is 5.82 Å². The molecule has 0 saturated heterocycles. The van der Waals surface area contributed by atoms with Crippen molar-refractivity contribution in [2.45, 2.75) is 18.8 Å². The number of aromatic amines is 1. The molecule has 1 aliphatic rings. The summed E-state index contributed by atoms with van der Waals surface area (Å²) in [6.07, 6.45) is 3.59. The maximum absolute atomic E-state index is 11.6. The molecule has 0 atom stereocenters. The van der Waals surface area contributed by atoms with Crippen LogP contribution in [0.4, 0.5) is 0 Å². The summed E-state index contributed by atoms with van der Waals surface area (Å²) in [7, 11) is 0. The summed E-state index contributed by atoms with van der Waals surface area (Å²) in [6, 6.07) is 8.43. The molecular formula is C13H11IN2O. The molecule has 3 rings (SSSR count). The molecule has 0 amide bonds. The van der Waals surface area contributed by atoms with Gasteiger partial charge in [-0.05, 0) is 46.6 Å². The van der Waals surface area contributed by atoms with Crippen LogP contribution in [0.5, 0.6) is 0 Å². The maximum atomic E-state index is 11.6. The number of nitrogens with one attached hydrogen (secondary N) is 1. The van der Waals surface area contributed by atoms with Crippen molar-refractivity contribution in [2.24, 2.45) is 0 Å². The van der Waals surface area contributed by atoms with Crippen LogP contribution in [-0.2, 0) is 12.8 Å². The van der Waals surface area contributed by atoms with E-state index in [0.717, 1.165) is 18.7 Å². The summed E-state index contributed by atoms with van der Waals surface area (Å²) in [5, 5.41) is 0. The molecule has 4 heteroatoms. The van der Waals surface area contributed by atoms with E-state index in [-0.39, 0.29) is 5.56 Å². The lowest BCUT2D eigenvalue weighted by molar-refractivity contribution is 0.676. The Morgan fingerprint density at radius 1 is 1.24 bits per heavy atom. The number of hydrogen-bond donors (Lipinski definition) is 1. The van der Waals surface area contributed by atoms with E-state index in [9.17, 15) is 4.79 Å². The molecule has 1 aromatic heterocycles. The third-order valence-corrected chi connectivity index (χ3v) is 3.98. The molecule has 86 valence electrons. The van der Waals surface area contributed by atoms with Gasteiger partial charge in [0.2, 0.25) is 0 Å². The summed E-state index contributed by atoms with van der Waals surface area (Å²) in [6.45, 7) is 0. The highest BCUT2D eigenvalue weighted by atomic mass is 127. The second-order valence-electron chi connectivity index (χ2n) is 4.32. The minimum Gasteiger partial charge on any atom is -0.309 e. The molecule has 0 aliphatic heterocycles. The van der Waals surface area contributed by atoms with Crippen LogP contribution in [-0.4, -0.2) is 9.97 Å². The number of rotatable bonds is 1. The van der Waals surface area contributed by atoms with Crippen LogP contribution in [0.2, 0.25) is 0 Å². The molecule has 0 spiro atoms. The standard InChI is InChI=1S/C13H11IN2O/c14-11-7-15-12(16-13(11)17)10-5-8-3-1-2-4-9(8)6-10/h1-4,7,10H,5-6H2,(H,15,16,17). The van der Waals surface area contributed by atoms with Gasteiger partial charge in [-0.2, -0.15) is 0 Å². The van der Waals surface area contributed by atoms with Crippen molar-refractivity contribution >= 4 is 22.6 Å². The number of nitrogens with zero attached hydrogens (tertiary/aromatic N) is 1. The molecule has 1 N–H and O–H groups in total. The van der Waals surface area contributed by atoms with Crippen molar-refractivity contribution in [2.75, 3.05) is 0 Å². The molecule has 1 heterocycles. The maximum Gasteiger partial charge on any atom is 0.264 e. The van der Waals surface area contributed by atoms with Gasteiger partial charge < -0.3 is 4.98 Å². The summed E-state index contributed by atoms with van der Waals surface area (Å²) < 4.78 is 0.641. The SMILES string of the molecule is O=c1[nH]c(C2Cc3ccccc3C2)ncc1I. The Morgan fingerprint density at radius 2 is 1.88 bits per heavy atom. The molecule has 3 nitrogen and oxygen atoms in total. The molecular weight excluding hydrogens is 327 g/mol. The van der Waals surface area contributed by atoms with Gasteiger partial charge in [0, 0.05) is 12.1 Å². The van der Waals surface area contributed by atoms with Gasteiger partial charge in [-0.15, -0.1) is 0 Å². The van der Waals surface area contributed by atoms with E-state index >= 15 is 0 Å². The predicted molar refractivity (Wildman–Crippen MR) is 74.2 cm³/mol. The van der Waals surface area contributed by atoms with Crippen LogP contribution in [0, 0.1) is 3.57 Å². The Morgan fingerprint density at radius 3 is 2.47 bits per heavy atom. The van der Waals surface area contributed by atoms with Crippen LogP contribution >= 0.6 is 22.6 Å². The van der Waals surface area contributed by atoms with Gasteiger partial charge in [-0.3, -0.25) is 4.79 Å². The predicted octanol–water partition coefficient (Wildman–Crippen LogP) is 2.26. The third kappa shape index (κ3) is 2.01. The molecule has 0 bridgehead atoms. The summed E-state index contributed by atoms with van der Waals surface area (Å²) in [5.41, 5.74) is 2.71. The second-order valence-corrected chi connectivity index (χ2v) is 5.48. The molecule has 17 heavy (non-hydrogen) atoms. The largest absolute Gasteiger partial charge is 0.309 e. The third-order valence-electron chi connectivity index (χ3n) is 3.21. The first kappa shape index (κ1) is 11.0. The molecule has 0 unspecified atom stereocenters. The van der Waals surface area contributed by atoms with E-state index in [1.54, 1.807) is 6.20 Å². The van der Waals surface area contributed by atoms with Crippen molar-refractivity contribution in [3.8, 4) is 0 Å². The molecule has 1 aliphatic carbocycles. The molecule has 0 fully saturated rings. The lowest BCUT2D eigenvalue weighted by Gasteiger charge is -2.07. The van der Waals surface area contributed by atoms with E-state index in [1.807, 2.05) is 22.6 Å². The highest BCUT2D eigenvalue weighted by Crippen LogP contribution is 2.31. The number of fused-ring (bicyclic) bond motifs is 1. The van der Waals surface area contributed by atoms with E-state index in [0.29, 0.717) is 9.49 Å². The average Bonchev–Trinajstić information content (AvgIpc) is 2.76. The van der Waals surface area contributed by atoms with Gasteiger partial charge in [0.15, 0.2) is 0 Å². The van der Waals surface area contributed by atoms with Crippen molar-refractivity contribution in [3.63, 3.8) is 0 Å². The first-order chi connectivity index (χ1) is 8.24. The number of benzene rings is 1. The Labute approximate surface area is 112 Å². The van der Waals surface area contributed by atoms with Gasteiger partial charge in [0.25, 0.3) is 5.56 Å². The normalized spacial score (nSPS) is 14.9. The monoisotopic (exact) mass is 338 g/mol. The molecule has 0 saturated carbocycles. The molecule has 2 aromatic rings. The summed E-state index contributed by atoms with van der Waals surface area (Å²) in [4.78, 5) is 18.8. The zero-order valence-corrected chi connectivity index (χ0v) is 11.3. The minimum absolute atomic E-state index is 0.0356. The van der Waals surface area contributed by atoms with Gasteiger partial charge in [-0.1, -0.05) is 24.3 Å². The van der Waals surface area contributed by atoms with Crippen molar-refractivity contribution < 1.29 is 0 Å².